The van der Waals surface area contributed by atoms with Gasteiger partial charge in [0, 0.05) is 6.07 Å². The lowest BCUT2D eigenvalue weighted by atomic mass is 10.2. The molecule has 0 spiro atoms. The molecule has 0 aliphatic carbocycles. The molecule has 1 aromatic carbocycles. The minimum absolute atomic E-state index is 0.0245. The van der Waals surface area contributed by atoms with Gasteiger partial charge in [-0.25, -0.2) is 0 Å². The van der Waals surface area contributed by atoms with Gasteiger partial charge in [0.25, 0.3) is 0 Å². The number of hydrogen-bond acceptors (Lipinski definition) is 3. The van der Waals surface area contributed by atoms with Crippen LogP contribution in [-0.4, -0.2) is 25.4 Å². The monoisotopic (exact) mass is 182 g/mol. The zero-order valence-corrected chi connectivity index (χ0v) is 7.91. The van der Waals surface area contributed by atoms with Gasteiger partial charge in [-0.3, -0.25) is 0 Å². The van der Waals surface area contributed by atoms with Crippen LogP contribution in [0.5, 0.6) is 11.5 Å². The van der Waals surface area contributed by atoms with E-state index in [1.54, 1.807) is 7.11 Å². The third kappa shape index (κ3) is 2.63. The van der Waals surface area contributed by atoms with Crippen molar-refractivity contribution in [2.75, 3.05) is 20.3 Å². The topological polar surface area (TPSA) is 38.7 Å². The molecule has 1 N–H and O–H groups in total. The number of aryl methyl sites for hydroxylation is 1. The summed E-state index contributed by atoms with van der Waals surface area (Å²) >= 11 is 0. The fourth-order valence-corrected chi connectivity index (χ4v) is 1.02. The first-order valence-corrected chi connectivity index (χ1v) is 4.16. The van der Waals surface area contributed by atoms with Crippen LogP contribution in [0, 0.1) is 6.92 Å². The number of ether oxygens (including phenoxy) is 2. The Bertz CT molecular complexity index is 271. The third-order valence-corrected chi connectivity index (χ3v) is 1.74. The lowest BCUT2D eigenvalue weighted by Gasteiger charge is -2.09. The Balaban J connectivity index is 2.78. The Morgan fingerprint density at radius 3 is 2.77 bits per heavy atom. The van der Waals surface area contributed by atoms with Gasteiger partial charge in [0.05, 0.1) is 13.7 Å². The van der Waals surface area contributed by atoms with E-state index in [1.807, 2.05) is 25.1 Å². The fraction of sp³-hybridized carbons (Fsp3) is 0.400. The standard InChI is InChI=1S/C10H14O3/c1-8-3-4-9(12-2)7-10(8)13-6-5-11/h3-4,7,11H,5-6H2,1-2H3. The summed E-state index contributed by atoms with van der Waals surface area (Å²) in [5, 5.41) is 8.59. The molecule has 0 amide bonds. The number of methoxy groups -OCH3 is 1. The molecule has 0 heterocycles. The number of benzene rings is 1. The lowest BCUT2D eigenvalue weighted by molar-refractivity contribution is 0.200. The highest BCUT2D eigenvalue weighted by molar-refractivity contribution is 5.39. The molecule has 0 saturated heterocycles. The average molecular weight is 182 g/mol. The van der Waals surface area contributed by atoms with E-state index >= 15 is 0 Å². The number of aliphatic hydroxyl groups is 1. The summed E-state index contributed by atoms with van der Waals surface area (Å²) in [6.07, 6.45) is 0. The van der Waals surface area contributed by atoms with Gasteiger partial charge in [-0.2, -0.15) is 0 Å². The smallest absolute Gasteiger partial charge is 0.126 e. The van der Waals surface area contributed by atoms with Gasteiger partial charge in [-0.05, 0) is 18.6 Å². The Labute approximate surface area is 77.9 Å². The predicted octanol–water partition coefficient (Wildman–Crippen LogP) is 1.37. The molecule has 0 radical (unpaired) electrons. The van der Waals surface area contributed by atoms with Crippen molar-refractivity contribution < 1.29 is 14.6 Å². The van der Waals surface area contributed by atoms with E-state index in [9.17, 15) is 0 Å². The molecule has 72 valence electrons. The van der Waals surface area contributed by atoms with Gasteiger partial charge >= 0.3 is 0 Å². The third-order valence-electron chi connectivity index (χ3n) is 1.74. The van der Waals surface area contributed by atoms with Gasteiger partial charge in [0.1, 0.15) is 18.1 Å². The van der Waals surface area contributed by atoms with E-state index in [-0.39, 0.29) is 6.61 Å². The summed E-state index contributed by atoms with van der Waals surface area (Å²) in [4.78, 5) is 0. The summed E-state index contributed by atoms with van der Waals surface area (Å²) in [6.45, 7) is 2.29. The SMILES string of the molecule is COc1ccc(C)c(OCCO)c1. The zero-order valence-electron chi connectivity index (χ0n) is 7.91. The lowest BCUT2D eigenvalue weighted by Crippen LogP contribution is -2.02. The van der Waals surface area contributed by atoms with Crippen molar-refractivity contribution >= 4 is 0 Å². The normalized spacial score (nSPS) is 9.77. The predicted molar refractivity (Wildman–Crippen MR) is 50.3 cm³/mol. The van der Waals surface area contributed by atoms with Crippen LogP contribution in [0.15, 0.2) is 18.2 Å². The first-order chi connectivity index (χ1) is 6.27. The fourth-order valence-electron chi connectivity index (χ4n) is 1.02. The maximum absolute atomic E-state index is 8.59. The largest absolute Gasteiger partial charge is 0.497 e. The molecule has 0 saturated carbocycles. The van der Waals surface area contributed by atoms with Gasteiger partial charge in [0.15, 0.2) is 0 Å². The van der Waals surface area contributed by atoms with Gasteiger partial charge in [0.2, 0.25) is 0 Å². The molecule has 0 unspecified atom stereocenters. The van der Waals surface area contributed by atoms with E-state index < -0.39 is 0 Å². The van der Waals surface area contributed by atoms with Crippen molar-refractivity contribution in [3.63, 3.8) is 0 Å². The molecule has 1 rings (SSSR count). The summed E-state index contributed by atoms with van der Waals surface area (Å²) in [5.74, 6) is 1.52. The molecule has 0 aliphatic heterocycles. The van der Waals surface area contributed by atoms with Crippen LogP contribution in [-0.2, 0) is 0 Å². The molecule has 0 aromatic heterocycles. The van der Waals surface area contributed by atoms with E-state index in [1.165, 1.54) is 0 Å². The van der Waals surface area contributed by atoms with Crippen LogP contribution in [0.25, 0.3) is 0 Å². The number of aliphatic hydroxyl groups excluding tert-OH is 1. The molecule has 0 aliphatic rings. The second kappa shape index (κ2) is 4.72. The molecular formula is C10H14O3. The van der Waals surface area contributed by atoms with Crippen LogP contribution in [0.2, 0.25) is 0 Å². The zero-order chi connectivity index (χ0) is 9.68. The highest BCUT2D eigenvalue weighted by Crippen LogP contribution is 2.23. The summed E-state index contributed by atoms with van der Waals surface area (Å²) < 4.78 is 10.3. The summed E-state index contributed by atoms with van der Waals surface area (Å²) in [6, 6.07) is 5.61. The Morgan fingerprint density at radius 2 is 2.15 bits per heavy atom. The van der Waals surface area contributed by atoms with Crippen LogP contribution in [0.3, 0.4) is 0 Å². The van der Waals surface area contributed by atoms with E-state index in [0.717, 1.165) is 17.1 Å². The van der Waals surface area contributed by atoms with Crippen molar-refractivity contribution in [3.8, 4) is 11.5 Å². The van der Waals surface area contributed by atoms with Gasteiger partial charge < -0.3 is 14.6 Å². The first kappa shape index (κ1) is 9.86. The second-order valence-electron chi connectivity index (χ2n) is 2.70. The van der Waals surface area contributed by atoms with E-state index in [4.69, 9.17) is 14.6 Å². The molecule has 13 heavy (non-hydrogen) atoms. The minimum Gasteiger partial charge on any atom is -0.497 e. The van der Waals surface area contributed by atoms with Crippen molar-refractivity contribution in [1.82, 2.24) is 0 Å². The second-order valence-corrected chi connectivity index (χ2v) is 2.70. The molecule has 3 heteroatoms. The van der Waals surface area contributed by atoms with Crippen LogP contribution < -0.4 is 9.47 Å². The van der Waals surface area contributed by atoms with Crippen LogP contribution in [0.1, 0.15) is 5.56 Å². The molecule has 0 atom stereocenters. The van der Waals surface area contributed by atoms with E-state index in [2.05, 4.69) is 0 Å². The highest BCUT2D eigenvalue weighted by atomic mass is 16.5. The summed E-state index contributed by atoms with van der Waals surface area (Å²) in [7, 11) is 1.61. The van der Waals surface area contributed by atoms with Crippen molar-refractivity contribution in [2.45, 2.75) is 6.92 Å². The van der Waals surface area contributed by atoms with Crippen molar-refractivity contribution in [2.24, 2.45) is 0 Å². The average Bonchev–Trinajstić information content (AvgIpc) is 2.17. The number of rotatable bonds is 4. The molecule has 0 bridgehead atoms. The highest BCUT2D eigenvalue weighted by Gasteiger charge is 2.00. The van der Waals surface area contributed by atoms with Gasteiger partial charge in [-0.15, -0.1) is 0 Å². The van der Waals surface area contributed by atoms with Crippen molar-refractivity contribution in [1.29, 1.82) is 0 Å². The molecule has 0 fully saturated rings. The number of hydrogen-bond donors (Lipinski definition) is 1. The Hall–Kier alpha value is -1.22. The molecule has 1 aromatic rings. The Morgan fingerprint density at radius 1 is 1.38 bits per heavy atom. The maximum atomic E-state index is 8.59. The minimum atomic E-state index is 0.0245. The van der Waals surface area contributed by atoms with Crippen molar-refractivity contribution in [3.05, 3.63) is 23.8 Å². The molecule has 3 nitrogen and oxygen atoms in total. The molecular weight excluding hydrogens is 168 g/mol. The van der Waals surface area contributed by atoms with Gasteiger partial charge in [-0.1, -0.05) is 6.07 Å². The quantitative estimate of drug-likeness (QED) is 0.764. The first-order valence-electron chi connectivity index (χ1n) is 4.16. The summed E-state index contributed by atoms with van der Waals surface area (Å²) in [5.41, 5.74) is 1.04. The Kier molecular flexibility index (Phi) is 3.58. The van der Waals surface area contributed by atoms with E-state index in [0.29, 0.717) is 6.61 Å². The maximum Gasteiger partial charge on any atom is 0.126 e. The van der Waals surface area contributed by atoms with Crippen LogP contribution in [0.4, 0.5) is 0 Å². The van der Waals surface area contributed by atoms with Crippen LogP contribution >= 0.6 is 0 Å².